The van der Waals surface area contributed by atoms with Crippen LogP contribution in [0.5, 0.6) is 0 Å². The van der Waals surface area contributed by atoms with E-state index in [-0.39, 0.29) is 5.91 Å². The van der Waals surface area contributed by atoms with E-state index in [1.807, 2.05) is 12.1 Å². The minimum absolute atomic E-state index is 0.0126. The number of carbonyl (C=O) groups excluding carboxylic acids is 1. The van der Waals surface area contributed by atoms with Gasteiger partial charge in [-0.2, -0.15) is 4.98 Å². The van der Waals surface area contributed by atoms with Crippen molar-refractivity contribution < 1.29 is 9.32 Å². The Morgan fingerprint density at radius 2 is 1.93 bits per heavy atom. The Morgan fingerprint density at radius 3 is 2.69 bits per heavy atom. The third kappa shape index (κ3) is 5.11. The molecule has 3 aromatic heterocycles. The van der Waals surface area contributed by atoms with Crippen molar-refractivity contribution >= 4 is 11.9 Å². The number of piperazine rings is 1. The normalized spacial score (nSPS) is 14.7. The Bertz CT molecular complexity index is 910. The molecule has 1 fully saturated rings. The van der Waals surface area contributed by atoms with E-state index >= 15 is 0 Å². The highest BCUT2D eigenvalue weighted by atomic mass is 16.5. The van der Waals surface area contributed by atoms with Crippen LogP contribution in [0.15, 0.2) is 47.5 Å². The second-order valence-corrected chi connectivity index (χ2v) is 6.67. The second-order valence-electron chi connectivity index (χ2n) is 6.67. The van der Waals surface area contributed by atoms with Crippen LogP contribution < -0.4 is 10.2 Å². The Labute approximate surface area is 168 Å². The predicted molar refractivity (Wildman–Crippen MR) is 105 cm³/mol. The zero-order valence-electron chi connectivity index (χ0n) is 15.9. The largest absolute Gasteiger partial charge is 0.354 e. The Morgan fingerprint density at radius 1 is 1.10 bits per heavy atom. The van der Waals surface area contributed by atoms with Crippen LogP contribution in [0.2, 0.25) is 0 Å². The van der Waals surface area contributed by atoms with Gasteiger partial charge in [-0.25, -0.2) is 9.97 Å². The van der Waals surface area contributed by atoms with Gasteiger partial charge in [-0.1, -0.05) is 5.16 Å². The van der Waals surface area contributed by atoms with Gasteiger partial charge in [0, 0.05) is 69.5 Å². The fourth-order valence-corrected chi connectivity index (χ4v) is 3.10. The number of rotatable bonds is 7. The topological polar surface area (TPSA) is 113 Å². The van der Waals surface area contributed by atoms with E-state index in [9.17, 15) is 4.79 Å². The first-order chi connectivity index (χ1) is 14.3. The van der Waals surface area contributed by atoms with Crippen LogP contribution in [0, 0.1) is 0 Å². The number of nitrogens with zero attached hydrogens (tertiary/aromatic N) is 7. The van der Waals surface area contributed by atoms with Gasteiger partial charge < -0.3 is 14.7 Å². The number of anilines is 1. The van der Waals surface area contributed by atoms with Gasteiger partial charge in [-0.05, 0) is 18.2 Å². The number of amides is 1. The number of hydrogen-bond donors (Lipinski definition) is 1. The Balaban J connectivity index is 1.17. The summed E-state index contributed by atoms with van der Waals surface area (Å²) in [7, 11) is 0. The Hall–Kier alpha value is -3.40. The fourth-order valence-electron chi connectivity index (χ4n) is 3.10. The number of aromatic nitrogens is 5. The third-order valence-corrected chi connectivity index (χ3v) is 4.62. The van der Waals surface area contributed by atoms with Crippen molar-refractivity contribution in [1.82, 2.24) is 35.3 Å². The van der Waals surface area contributed by atoms with Gasteiger partial charge in [-0.3, -0.25) is 14.7 Å². The summed E-state index contributed by atoms with van der Waals surface area (Å²) in [6.45, 7) is 4.01. The smallest absolute Gasteiger partial charge is 0.234 e. The van der Waals surface area contributed by atoms with Gasteiger partial charge in [-0.15, -0.1) is 0 Å². The maximum absolute atomic E-state index is 12.2. The molecule has 0 unspecified atom stereocenters. The minimum Gasteiger partial charge on any atom is -0.354 e. The van der Waals surface area contributed by atoms with Crippen LogP contribution in [-0.4, -0.2) is 75.2 Å². The van der Waals surface area contributed by atoms with Crippen molar-refractivity contribution in [1.29, 1.82) is 0 Å². The minimum atomic E-state index is -0.0126. The van der Waals surface area contributed by atoms with Gasteiger partial charge in [0.2, 0.25) is 23.6 Å². The van der Waals surface area contributed by atoms with Gasteiger partial charge >= 0.3 is 0 Å². The zero-order valence-corrected chi connectivity index (χ0v) is 15.9. The van der Waals surface area contributed by atoms with E-state index in [1.54, 1.807) is 30.9 Å². The molecule has 150 valence electrons. The van der Waals surface area contributed by atoms with E-state index in [2.05, 4.69) is 40.2 Å². The summed E-state index contributed by atoms with van der Waals surface area (Å²) in [5.41, 5.74) is 0.798. The molecule has 1 aliphatic rings. The zero-order chi connectivity index (χ0) is 19.9. The summed E-state index contributed by atoms with van der Waals surface area (Å²) in [6, 6.07) is 5.49. The molecule has 0 aliphatic carbocycles. The molecule has 3 aromatic rings. The SMILES string of the molecule is O=C(CN1CCN(c2ncccn2)CC1)NCCc1nc(-c2cccnc2)no1. The monoisotopic (exact) mass is 394 g/mol. The lowest BCUT2D eigenvalue weighted by Crippen LogP contribution is -2.50. The molecule has 1 amide bonds. The molecule has 10 heteroatoms. The summed E-state index contributed by atoms with van der Waals surface area (Å²) in [5.74, 6) is 1.71. The molecular weight excluding hydrogens is 372 g/mol. The molecule has 10 nitrogen and oxygen atoms in total. The standard InChI is InChI=1S/C19H22N8O2/c28-16(14-26-9-11-27(12-10-26)19-22-6-2-7-23-19)21-8-4-17-24-18(25-29-17)15-3-1-5-20-13-15/h1-3,5-7,13H,4,8-12,14H2,(H,21,28). The molecule has 0 atom stereocenters. The maximum atomic E-state index is 12.2. The molecule has 0 aromatic carbocycles. The van der Waals surface area contributed by atoms with E-state index < -0.39 is 0 Å². The van der Waals surface area contributed by atoms with E-state index in [0.29, 0.717) is 31.2 Å². The van der Waals surface area contributed by atoms with Gasteiger partial charge in [0.15, 0.2) is 0 Å². The fraction of sp³-hybridized carbons (Fsp3) is 0.368. The van der Waals surface area contributed by atoms with Crippen molar-refractivity contribution in [3.8, 4) is 11.4 Å². The molecule has 0 radical (unpaired) electrons. The number of hydrogen-bond acceptors (Lipinski definition) is 9. The number of nitrogens with one attached hydrogen (secondary N) is 1. The highest BCUT2D eigenvalue weighted by molar-refractivity contribution is 5.78. The van der Waals surface area contributed by atoms with Crippen LogP contribution in [-0.2, 0) is 11.2 Å². The van der Waals surface area contributed by atoms with Crippen molar-refractivity contribution in [2.24, 2.45) is 0 Å². The molecule has 1 aliphatic heterocycles. The van der Waals surface area contributed by atoms with Gasteiger partial charge in [0.25, 0.3) is 0 Å². The molecule has 0 spiro atoms. The summed E-state index contributed by atoms with van der Waals surface area (Å²) in [4.78, 5) is 33.4. The summed E-state index contributed by atoms with van der Waals surface area (Å²) in [5, 5.41) is 6.86. The quantitative estimate of drug-likeness (QED) is 0.608. The molecule has 0 saturated carbocycles. The van der Waals surface area contributed by atoms with Crippen molar-refractivity contribution in [2.45, 2.75) is 6.42 Å². The molecule has 29 heavy (non-hydrogen) atoms. The molecule has 1 saturated heterocycles. The van der Waals surface area contributed by atoms with E-state index in [1.165, 1.54) is 0 Å². The van der Waals surface area contributed by atoms with Crippen LogP contribution in [0.3, 0.4) is 0 Å². The lowest BCUT2D eigenvalue weighted by atomic mass is 10.3. The van der Waals surface area contributed by atoms with Crippen molar-refractivity contribution in [2.75, 3.05) is 44.2 Å². The molecular formula is C19H22N8O2. The van der Waals surface area contributed by atoms with Crippen LogP contribution in [0.4, 0.5) is 5.95 Å². The van der Waals surface area contributed by atoms with Gasteiger partial charge in [0.1, 0.15) is 0 Å². The lowest BCUT2D eigenvalue weighted by molar-refractivity contribution is -0.122. The first kappa shape index (κ1) is 18.9. The second kappa shape index (κ2) is 9.20. The number of carbonyl (C=O) groups is 1. The first-order valence-electron chi connectivity index (χ1n) is 9.52. The summed E-state index contributed by atoms with van der Waals surface area (Å²) >= 11 is 0. The maximum Gasteiger partial charge on any atom is 0.234 e. The molecule has 0 bridgehead atoms. The van der Waals surface area contributed by atoms with Crippen LogP contribution in [0.25, 0.3) is 11.4 Å². The molecule has 1 N–H and O–H groups in total. The van der Waals surface area contributed by atoms with E-state index in [4.69, 9.17) is 4.52 Å². The third-order valence-electron chi connectivity index (χ3n) is 4.62. The van der Waals surface area contributed by atoms with E-state index in [0.717, 1.165) is 37.7 Å². The van der Waals surface area contributed by atoms with Crippen molar-refractivity contribution in [3.05, 3.63) is 48.9 Å². The summed E-state index contributed by atoms with van der Waals surface area (Å²) < 4.78 is 5.24. The van der Waals surface area contributed by atoms with Crippen LogP contribution >= 0.6 is 0 Å². The van der Waals surface area contributed by atoms with Gasteiger partial charge in [0.05, 0.1) is 6.54 Å². The lowest BCUT2D eigenvalue weighted by Gasteiger charge is -2.34. The number of pyridine rings is 1. The molecule has 4 heterocycles. The first-order valence-corrected chi connectivity index (χ1v) is 9.52. The highest BCUT2D eigenvalue weighted by Crippen LogP contribution is 2.13. The Kier molecular flexibility index (Phi) is 6.01. The van der Waals surface area contributed by atoms with Crippen LogP contribution in [0.1, 0.15) is 5.89 Å². The average molecular weight is 394 g/mol. The average Bonchev–Trinajstić information content (AvgIpc) is 3.24. The van der Waals surface area contributed by atoms with Crippen molar-refractivity contribution in [3.63, 3.8) is 0 Å². The predicted octanol–water partition coefficient (Wildman–Crippen LogP) is 0.403. The summed E-state index contributed by atoms with van der Waals surface area (Å²) in [6.07, 6.45) is 7.34. The molecule has 4 rings (SSSR count). The highest BCUT2D eigenvalue weighted by Gasteiger charge is 2.20.